The summed E-state index contributed by atoms with van der Waals surface area (Å²) in [5.74, 6) is 0. The van der Waals surface area contributed by atoms with E-state index in [-0.39, 0.29) is 0 Å². The maximum absolute atomic E-state index is 3.91. The van der Waals surface area contributed by atoms with Crippen molar-refractivity contribution in [2.45, 2.75) is 63.3 Å². The monoisotopic (exact) mass is 284 g/mol. The van der Waals surface area contributed by atoms with Gasteiger partial charge in [0.1, 0.15) is 0 Å². The second-order valence-corrected chi connectivity index (χ2v) is 7.35. The fraction of sp³-hybridized carbons (Fsp3) is 0.684. The van der Waals surface area contributed by atoms with Gasteiger partial charge in [0, 0.05) is 24.3 Å². The van der Waals surface area contributed by atoms with Gasteiger partial charge in [0.25, 0.3) is 0 Å². The van der Waals surface area contributed by atoms with Gasteiger partial charge >= 0.3 is 0 Å². The first-order valence-corrected chi connectivity index (χ1v) is 8.97. The summed E-state index contributed by atoms with van der Waals surface area (Å²) in [6.45, 7) is 3.63. The van der Waals surface area contributed by atoms with E-state index in [0.29, 0.717) is 5.54 Å². The van der Waals surface area contributed by atoms with Gasteiger partial charge in [-0.2, -0.15) is 0 Å². The van der Waals surface area contributed by atoms with Gasteiger partial charge in [0.05, 0.1) is 0 Å². The first kappa shape index (κ1) is 13.6. The maximum Gasteiger partial charge on any atom is 0.0369 e. The van der Waals surface area contributed by atoms with Crippen molar-refractivity contribution in [3.63, 3.8) is 0 Å². The molecule has 0 atom stereocenters. The van der Waals surface area contributed by atoms with Crippen LogP contribution in [0.5, 0.6) is 0 Å². The van der Waals surface area contributed by atoms with Crippen molar-refractivity contribution in [3.05, 3.63) is 29.3 Å². The van der Waals surface area contributed by atoms with E-state index in [1.807, 2.05) is 0 Å². The van der Waals surface area contributed by atoms with Gasteiger partial charge in [-0.3, -0.25) is 0 Å². The molecule has 1 aromatic carbocycles. The van der Waals surface area contributed by atoms with Crippen molar-refractivity contribution < 1.29 is 0 Å². The molecule has 21 heavy (non-hydrogen) atoms. The molecule has 2 heteroatoms. The summed E-state index contributed by atoms with van der Waals surface area (Å²) in [5, 5.41) is 3.91. The highest BCUT2D eigenvalue weighted by Crippen LogP contribution is 2.33. The Morgan fingerprint density at radius 3 is 2.67 bits per heavy atom. The minimum Gasteiger partial charge on any atom is -0.370 e. The molecule has 2 fully saturated rings. The normalized spacial score (nSPS) is 24.9. The molecule has 0 amide bonds. The molecule has 1 saturated carbocycles. The van der Waals surface area contributed by atoms with Gasteiger partial charge in [0.15, 0.2) is 0 Å². The first-order chi connectivity index (χ1) is 10.3. The van der Waals surface area contributed by atoms with E-state index in [1.165, 1.54) is 83.1 Å². The molecular formula is C19H28N2. The SMILES string of the molecule is c1cc2c(cc1N1CCCNC3(CCCCC3)C1)CCC2. The Hall–Kier alpha value is -1.02. The van der Waals surface area contributed by atoms with E-state index < -0.39 is 0 Å². The van der Waals surface area contributed by atoms with Crippen LogP contribution in [-0.2, 0) is 12.8 Å². The molecule has 3 aliphatic rings. The molecule has 1 N–H and O–H groups in total. The van der Waals surface area contributed by atoms with E-state index in [2.05, 4.69) is 28.4 Å². The lowest BCUT2D eigenvalue weighted by Crippen LogP contribution is -2.52. The summed E-state index contributed by atoms with van der Waals surface area (Å²) in [4.78, 5) is 2.67. The molecule has 2 aliphatic carbocycles. The average Bonchev–Trinajstić information content (AvgIpc) is 2.90. The number of rotatable bonds is 1. The van der Waals surface area contributed by atoms with Crippen LogP contribution in [0.3, 0.4) is 0 Å². The fourth-order valence-corrected chi connectivity index (χ4v) is 4.66. The van der Waals surface area contributed by atoms with E-state index in [0.717, 1.165) is 0 Å². The number of benzene rings is 1. The van der Waals surface area contributed by atoms with Gasteiger partial charge in [-0.1, -0.05) is 25.3 Å². The molecule has 0 radical (unpaired) electrons. The lowest BCUT2D eigenvalue weighted by Gasteiger charge is -2.40. The fourth-order valence-electron chi connectivity index (χ4n) is 4.66. The lowest BCUT2D eigenvalue weighted by atomic mass is 9.81. The molecule has 0 aromatic heterocycles. The molecule has 0 unspecified atom stereocenters. The zero-order valence-corrected chi connectivity index (χ0v) is 13.2. The van der Waals surface area contributed by atoms with E-state index in [9.17, 15) is 0 Å². The van der Waals surface area contributed by atoms with E-state index >= 15 is 0 Å². The molecule has 1 aromatic rings. The number of fused-ring (bicyclic) bond motifs is 1. The molecular weight excluding hydrogens is 256 g/mol. The van der Waals surface area contributed by atoms with E-state index in [4.69, 9.17) is 0 Å². The topological polar surface area (TPSA) is 15.3 Å². The maximum atomic E-state index is 3.91. The number of hydrogen-bond donors (Lipinski definition) is 1. The van der Waals surface area contributed by atoms with Crippen LogP contribution in [0.15, 0.2) is 18.2 Å². The minimum absolute atomic E-state index is 0.397. The summed E-state index contributed by atoms with van der Waals surface area (Å²) < 4.78 is 0. The Morgan fingerprint density at radius 2 is 1.76 bits per heavy atom. The molecule has 1 spiro atoms. The number of anilines is 1. The van der Waals surface area contributed by atoms with Crippen LogP contribution in [0.2, 0.25) is 0 Å². The van der Waals surface area contributed by atoms with Crippen LogP contribution in [-0.4, -0.2) is 25.2 Å². The number of hydrogen-bond acceptors (Lipinski definition) is 2. The molecule has 1 heterocycles. The molecule has 4 rings (SSSR count). The van der Waals surface area contributed by atoms with Crippen LogP contribution in [0.4, 0.5) is 5.69 Å². The average molecular weight is 284 g/mol. The first-order valence-electron chi connectivity index (χ1n) is 8.97. The van der Waals surface area contributed by atoms with Crippen LogP contribution < -0.4 is 10.2 Å². The minimum atomic E-state index is 0.397. The molecule has 1 aliphatic heterocycles. The number of nitrogens with zero attached hydrogens (tertiary/aromatic N) is 1. The summed E-state index contributed by atoms with van der Waals surface area (Å²) in [5.41, 5.74) is 5.08. The third-order valence-electron chi connectivity index (χ3n) is 5.86. The zero-order chi connectivity index (χ0) is 14.1. The standard InChI is InChI=1S/C19H28N2/c1-2-10-19(11-3-1)15-21(13-5-12-20-19)18-9-8-16-6-4-7-17(16)14-18/h8-9,14,20H,1-7,10-13,15H2. The van der Waals surface area contributed by atoms with Gasteiger partial charge in [-0.15, -0.1) is 0 Å². The highest BCUT2D eigenvalue weighted by molar-refractivity contribution is 5.53. The Labute approximate surface area is 128 Å². The molecule has 114 valence electrons. The smallest absolute Gasteiger partial charge is 0.0369 e. The highest BCUT2D eigenvalue weighted by atomic mass is 15.2. The second-order valence-electron chi connectivity index (χ2n) is 7.35. The van der Waals surface area contributed by atoms with Crippen molar-refractivity contribution in [1.82, 2.24) is 5.32 Å². The quantitative estimate of drug-likeness (QED) is 0.846. The summed E-state index contributed by atoms with van der Waals surface area (Å²) in [6, 6.07) is 7.26. The van der Waals surface area contributed by atoms with Crippen LogP contribution >= 0.6 is 0 Å². The number of nitrogens with one attached hydrogen (secondary N) is 1. The Balaban J connectivity index is 1.58. The van der Waals surface area contributed by atoms with Crippen molar-refractivity contribution >= 4 is 5.69 Å². The molecule has 1 saturated heterocycles. The largest absolute Gasteiger partial charge is 0.370 e. The molecule has 2 nitrogen and oxygen atoms in total. The van der Waals surface area contributed by atoms with Crippen molar-refractivity contribution in [2.75, 3.05) is 24.5 Å². The Bertz CT molecular complexity index is 502. The van der Waals surface area contributed by atoms with Crippen LogP contribution in [0.1, 0.15) is 56.1 Å². The third-order valence-corrected chi connectivity index (χ3v) is 5.86. The van der Waals surface area contributed by atoms with Crippen LogP contribution in [0.25, 0.3) is 0 Å². The second kappa shape index (κ2) is 5.64. The van der Waals surface area contributed by atoms with Crippen molar-refractivity contribution in [3.8, 4) is 0 Å². The third kappa shape index (κ3) is 2.70. The van der Waals surface area contributed by atoms with Gasteiger partial charge < -0.3 is 10.2 Å². The van der Waals surface area contributed by atoms with Crippen molar-refractivity contribution in [2.24, 2.45) is 0 Å². The predicted octanol–water partition coefficient (Wildman–Crippen LogP) is 3.68. The summed E-state index contributed by atoms with van der Waals surface area (Å²) >= 11 is 0. The van der Waals surface area contributed by atoms with Crippen LogP contribution in [0, 0.1) is 0 Å². The summed E-state index contributed by atoms with van der Waals surface area (Å²) in [6.07, 6.45) is 12.2. The van der Waals surface area contributed by atoms with Gasteiger partial charge in [0.2, 0.25) is 0 Å². The lowest BCUT2D eigenvalue weighted by molar-refractivity contribution is 0.246. The predicted molar refractivity (Wildman–Crippen MR) is 89.1 cm³/mol. The number of aryl methyl sites for hydroxylation is 2. The van der Waals surface area contributed by atoms with Gasteiger partial charge in [-0.05, 0) is 68.3 Å². The Kier molecular flexibility index (Phi) is 3.66. The zero-order valence-electron chi connectivity index (χ0n) is 13.2. The summed E-state index contributed by atoms with van der Waals surface area (Å²) in [7, 11) is 0. The van der Waals surface area contributed by atoms with E-state index in [1.54, 1.807) is 11.1 Å². The Morgan fingerprint density at radius 1 is 0.905 bits per heavy atom. The molecule has 0 bridgehead atoms. The van der Waals surface area contributed by atoms with Gasteiger partial charge in [-0.25, -0.2) is 0 Å². The highest BCUT2D eigenvalue weighted by Gasteiger charge is 2.35. The van der Waals surface area contributed by atoms with Crippen molar-refractivity contribution in [1.29, 1.82) is 0 Å².